The molecule has 0 aliphatic rings. The zero-order valence-electron chi connectivity index (χ0n) is 10.6. The first-order chi connectivity index (χ1) is 8.58. The molecule has 1 unspecified atom stereocenters. The Hall–Kier alpha value is -1.88. The van der Waals surface area contributed by atoms with E-state index in [2.05, 4.69) is 17.6 Å². The Kier molecular flexibility index (Phi) is 5.32. The van der Waals surface area contributed by atoms with E-state index in [0.717, 1.165) is 12.8 Å². The van der Waals surface area contributed by atoms with Crippen LogP contribution in [-0.2, 0) is 16.0 Å². The van der Waals surface area contributed by atoms with Crippen LogP contribution in [0.1, 0.15) is 18.9 Å². The number of likely N-dealkylation sites (N-methyl/N-ethyl adjacent to an activating group) is 1. The van der Waals surface area contributed by atoms with Crippen molar-refractivity contribution in [1.29, 1.82) is 0 Å². The van der Waals surface area contributed by atoms with Gasteiger partial charge in [0.25, 0.3) is 5.91 Å². The highest BCUT2D eigenvalue weighted by molar-refractivity contribution is 6.07. The lowest BCUT2D eigenvalue weighted by atomic mass is 10.1. The lowest BCUT2D eigenvalue weighted by Gasteiger charge is -2.12. The summed E-state index contributed by atoms with van der Waals surface area (Å²) in [5, 5.41) is 13.8. The van der Waals surface area contributed by atoms with Crippen LogP contribution in [-0.4, -0.2) is 30.1 Å². The summed E-state index contributed by atoms with van der Waals surface area (Å²) in [5.74, 6) is -1.77. The van der Waals surface area contributed by atoms with E-state index in [1.54, 1.807) is 12.1 Å². The predicted molar refractivity (Wildman–Crippen MR) is 69.6 cm³/mol. The highest BCUT2D eigenvalue weighted by atomic mass is 16.4. The van der Waals surface area contributed by atoms with Gasteiger partial charge in [-0.05, 0) is 31.2 Å². The number of carboxylic acids is 1. The zero-order valence-corrected chi connectivity index (χ0v) is 10.6. The molecule has 98 valence electrons. The Morgan fingerprint density at radius 2 is 1.89 bits per heavy atom. The second-order valence-corrected chi connectivity index (χ2v) is 4.00. The molecule has 1 atom stereocenters. The minimum Gasteiger partial charge on any atom is -0.480 e. The summed E-state index contributed by atoms with van der Waals surface area (Å²) < 4.78 is 0. The zero-order chi connectivity index (χ0) is 13.5. The summed E-state index contributed by atoms with van der Waals surface area (Å²) in [6.07, 6.45) is 2.05. The molecular formula is C13H18N2O3. The largest absolute Gasteiger partial charge is 0.480 e. The van der Waals surface area contributed by atoms with Crippen LogP contribution in [0, 0.1) is 0 Å². The van der Waals surface area contributed by atoms with Gasteiger partial charge < -0.3 is 10.4 Å². The number of hydrogen-bond acceptors (Lipinski definition) is 3. The first-order valence-electron chi connectivity index (χ1n) is 5.88. The topological polar surface area (TPSA) is 78.4 Å². The van der Waals surface area contributed by atoms with E-state index >= 15 is 0 Å². The number of aliphatic carboxylic acids is 1. The van der Waals surface area contributed by atoms with Crippen LogP contribution in [0.15, 0.2) is 24.3 Å². The van der Waals surface area contributed by atoms with Crippen LogP contribution in [0.4, 0.5) is 5.69 Å². The lowest BCUT2D eigenvalue weighted by molar-refractivity contribution is -0.142. The molecule has 3 N–H and O–H groups in total. The SMILES string of the molecule is CCCc1ccc(NC(=O)C(NC)C(=O)O)cc1. The van der Waals surface area contributed by atoms with Crippen molar-refractivity contribution in [2.24, 2.45) is 0 Å². The van der Waals surface area contributed by atoms with Gasteiger partial charge in [0.1, 0.15) is 0 Å². The fourth-order valence-electron chi connectivity index (χ4n) is 1.62. The van der Waals surface area contributed by atoms with Crippen LogP contribution in [0.5, 0.6) is 0 Å². The van der Waals surface area contributed by atoms with Gasteiger partial charge in [-0.1, -0.05) is 25.5 Å². The minimum atomic E-state index is -1.24. The van der Waals surface area contributed by atoms with E-state index in [9.17, 15) is 9.59 Å². The number of rotatable bonds is 6. The van der Waals surface area contributed by atoms with Gasteiger partial charge in [0.2, 0.25) is 0 Å². The average molecular weight is 250 g/mol. The van der Waals surface area contributed by atoms with Crippen LogP contribution < -0.4 is 10.6 Å². The van der Waals surface area contributed by atoms with Crippen LogP contribution >= 0.6 is 0 Å². The van der Waals surface area contributed by atoms with Crippen molar-refractivity contribution in [3.63, 3.8) is 0 Å². The molecular weight excluding hydrogens is 232 g/mol. The van der Waals surface area contributed by atoms with E-state index in [1.165, 1.54) is 12.6 Å². The summed E-state index contributed by atoms with van der Waals surface area (Å²) in [6.45, 7) is 2.10. The molecule has 1 aromatic carbocycles. The number of amides is 1. The molecule has 0 spiro atoms. The lowest BCUT2D eigenvalue weighted by Crippen LogP contribution is -2.44. The fourth-order valence-corrected chi connectivity index (χ4v) is 1.62. The third-order valence-electron chi connectivity index (χ3n) is 2.56. The van der Waals surface area contributed by atoms with E-state index in [1.807, 2.05) is 12.1 Å². The van der Waals surface area contributed by atoms with Crippen molar-refractivity contribution < 1.29 is 14.7 Å². The Balaban J connectivity index is 2.66. The number of carboxylic acid groups (broad SMARTS) is 1. The number of nitrogens with one attached hydrogen (secondary N) is 2. The molecule has 0 aliphatic carbocycles. The molecule has 1 aromatic rings. The minimum absolute atomic E-state index is 0.576. The van der Waals surface area contributed by atoms with Crippen LogP contribution in [0.2, 0.25) is 0 Å². The maximum absolute atomic E-state index is 11.6. The first-order valence-corrected chi connectivity index (χ1v) is 5.88. The maximum atomic E-state index is 11.6. The molecule has 1 rings (SSSR count). The van der Waals surface area contributed by atoms with Crippen molar-refractivity contribution in [3.8, 4) is 0 Å². The number of carbonyl (C=O) groups is 2. The van der Waals surface area contributed by atoms with Crippen molar-refractivity contribution in [1.82, 2.24) is 5.32 Å². The van der Waals surface area contributed by atoms with Gasteiger partial charge in [0, 0.05) is 5.69 Å². The number of benzene rings is 1. The average Bonchev–Trinajstić information content (AvgIpc) is 2.32. The quantitative estimate of drug-likeness (QED) is 0.664. The van der Waals surface area contributed by atoms with Gasteiger partial charge in [-0.25, -0.2) is 4.79 Å². The molecule has 5 heteroatoms. The summed E-state index contributed by atoms with van der Waals surface area (Å²) >= 11 is 0. The Morgan fingerprint density at radius 3 is 2.33 bits per heavy atom. The summed E-state index contributed by atoms with van der Waals surface area (Å²) in [6, 6.07) is 6.16. The highest BCUT2D eigenvalue weighted by Gasteiger charge is 2.23. The third kappa shape index (κ3) is 3.85. The maximum Gasteiger partial charge on any atom is 0.330 e. The summed E-state index contributed by atoms with van der Waals surface area (Å²) in [7, 11) is 1.43. The van der Waals surface area contributed by atoms with Gasteiger partial charge in [0.05, 0.1) is 0 Å². The second-order valence-electron chi connectivity index (χ2n) is 4.00. The molecule has 0 fully saturated rings. The molecule has 18 heavy (non-hydrogen) atoms. The first kappa shape index (κ1) is 14.2. The Morgan fingerprint density at radius 1 is 1.28 bits per heavy atom. The van der Waals surface area contributed by atoms with Gasteiger partial charge in [-0.2, -0.15) is 0 Å². The van der Waals surface area contributed by atoms with Crippen LogP contribution in [0.3, 0.4) is 0 Å². The van der Waals surface area contributed by atoms with E-state index in [4.69, 9.17) is 5.11 Å². The van der Waals surface area contributed by atoms with Gasteiger partial charge in [-0.15, -0.1) is 0 Å². The highest BCUT2D eigenvalue weighted by Crippen LogP contribution is 2.11. The third-order valence-corrected chi connectivity index (χ3v) is 2.56. The van der Waals surface area contributed by atoms with Crippen molar-refractivity contribution in [3.05, 3.63) is 29.8 Å². The number of aryl methyl sites for hydroxylation is 1. The van der Waals surface area contributed by atoms with E-state index in [-0.39, 0.29) is 0 Å². The molecule has 0 saturated carbocycles. The molecule has 0 radical (unpaired) electrons. The van der Waals surface area contributed by atoms with Crippen molar-refractivity contribution in [2.75, 3.05) is 12.4 Å². The molecule has 0 heterocycles. The van der Waals surface area contributed by atoms with Gasteiger partial charge in [0.15, 0.2) is 6.04 Å². The van der Waals surface area contributed by atoms with Gasteiger partial charge >= 0.3 is 5.97 Å². The second kappa shape index (κ2) is 6.76. The standard InChI is InChI=1S/C13H18N2O3/c1-3-4-9-5-7-10(8-6-9)15-12(16)11(14-2)13(17)18/h5-8,11,14H,3-4H2,1-2H3,(H,15,16)(H,17,18). The molecule has 5 nitrogen and oxygen atoms in total. The van der Waals surface area contributed by atoms with E-state index in [0.29, 0.717) is 5.69 Å². The van der Waals surface area contributed by atoms with Crippen LogP contribution in [0.25, 0.3) is 0 Å². The summed E-state index contributed by atoms with van der Waals surface area (Å²) in [5.41, 5.74) is 1.79. The predicted octanol–water partition coefficient (Wildman–Crippen LogP) is 1.25. The van der Waals surface area contributed by atoms with Crippen molar-refractivity contribution in [2.45, 2.75) is 25.8 Å². The van der Waals surface area contributed by atoms with Crippen molar-refractivity contribution >= 4 is 17.6 Å². The van der Waals surface area contributed by atoms with E-state index < -0.39 is 17.9 Å². The Bertz CT molecular complexity index is 415. The number of hydrogen-bond donors (Lipinski definition) is 3. The number of carbonyl (C=O) groups excluding carboxylic acids is 1. The Labute approximate surface area is 106 Å². The normalized spacial score (nSPS) is 11.9. The smallest absolute Gasteiger partial charge is 0.330 e. The monoisotopic (exact) mass is 250 g/mol. The molecule has 1 amide bonds. The summed E-state index contributed by atoms with van der Waals surface area (Å²) in [4.78, 5) is 22.4. The van der Waals surface area contributed by atoms with Gasteiger partial charge in [-0.3, -0.25) is 10.1 Å². The molecule has 0 bridgehead atoms. The fraction of sp³-hybridized carbons (Fsp3) is 0.385. The number of anilines is 1. The molecule has 0 saturated heterocycles. The molecule has 0 aliphatic heterocycles. The molecule has 0 aromatic heterocycles.